The zero-order chi connectivity index (χ0) is 25.0. The molecule has 8 nitrogen and oxygen atoms in total. The van der Waals surface area contributed by atoms with E-state index in [2.05, 4.69) is 24.1 Å². The lowest BCUT2D eigenvalue weighted by Crippen LogP contribution is -2.66. The standard InChI is InChI=1S/C27H39N5O3/c1-5-30(6-2)16-17-31-25(33)24-18-23(20-12-14-22(35-4)15-13-20)29-32(24)19-27(31,3)26(34)28-21-10-8-7-9-11-21/h12-15,18,21H,5-11,16-17,19H2,1-4H3,(H,28,34)/t27-/m1/s1. The second kappa shape index (κ2) is 10.8. The number of benzene rings is 1. The summed E-state index contributed by atoms with van der Waals surface area (Å²) in [6.07, 6.45) is 5.51. The first-order valence-electron chi connectivity index (χ1n) is 13.0. The van der Waals surface area contributed by atoms with Gasteiger partial charge in [0.2, 0.25) is 5.91 Å². The molecule has 2 aliphatic rings. The molecule has 0 saturated heterocycles. The SMILES string of the molecule is CCN(CC)CCN1C(=O)c2cc(-c3ccc(OC)cc3)nn2C[C@]1(C)C(=O)NC1CCCCC1. The third kappa shape index (κ3) is 5.22. The molecule has 2 aromatic rings. The molecule has 1 aromatic heterocycles. The van der Waals surface area contributed by atoms with Crippen LogP contribution in [0.2, 0.25) is 0 Å². The number of aromatic nitrogens is 2. The molecule has 0 spiro atoms. The number of methoxy groups -OCH3 is 1. The van der Waals surface area contributed by atoms with Crippen molar-refractivity contribution < 1.29 is 14.3 Å². The Morgan fingerprint density at radius 1 is 1.17 bits per heavy atom. The van der Waals surface area contributed by atoms with Crippen LogP contribution in [0.1, 0.15) is 63.4 Å². The molecule has 0 bridgehead atoms. The molecule has 1 atom stereocenters. The number of fused-ring (bicyclic) bond motifs is 1. The summed E-state index contributed by atoms with van der Waals surface area (Å²) >= 11 is 0. The monoisotopic (exact) mass is 481 g/mol. The van der Waals surface area contributed by atoms with E-state index in [1.54, 1.807) is 16.7 Å². The van der Waals surface area contributed by atoms with Gasteiger partial charge in [-0.1, -0.05) is 33.1 Å². The fourth-order valence-corrected chi connectivity index (χ4v) is 5.26. The Morgan fingerprint density at radius 3 is 2.49 bits per heavy atom. The largest absolute Gasteiger partial charge is 0.497 e. The summed E-state index contributed by atoms with van der Waals surface area (Å²) in [4.78, 5) is 31.6. The highest BCUT2D eigenvalue weighted by molar-refractivity contribution is 6.00. The second-order valence-electron chi connectivity index (χ2n) is 9.87. The van der Waals surface area contributed by atoms with Crippen LogP contribution in [-0.4, -0.2) is 76.3 Å². The topological polar surface area (TPSA) is 79.7 Å². The molecule has 1 aliphatic carbocycles. The first-order valence-corrected chi connectivity index (χ1v) is 13.0. The lowest BCUT2D eigenvalue weighted by Gasteiger charge is -2.44. The van der Waals surface area contributed by atoms with Crippen molar-refractivity contribution in [2.24, 2.45) is 0 Å². The van der Waals surface area contributed by atoms with Crippen LogP contribution in [0, 0.1) is 0 Å². The summed E-state index contributed by atoms with van der Waals surface area (Å²) in [7, 11) is 1.63. The van der Waals surface area contributed by atoms with Crippen LogP contribution in [0.25, 0.3) is 11.3 Å². The summed E-state index contributed by atoms with van der Waals surface area (Å²) in [5, 5.41) is 8.03. The van der Waals surface area contributed by atoms with E-state index in [0.717, 1.165) is 62.3 Å². The van der Waals surface area contributed by atoms with E-state index < -0.39 is 5.54 Å². The number of likely N-dealkylation sites (N-methyl/N-ethyl adjacent to an activating group) is 1. The normalized spacial score (nSPS) is 20.7. The average Bonchev–Trinajstić information content (AvgIpc) is 3.30. The predicted octanol–water partition coefficient (Wildman–Crippen LogP) is 3.56. The molecule has 0 radical (unpaired) electrons. The Morgan fingerprint density at radius 2 is 1.86 bits per heavy atom. The van der Waals surface area contributed by atoms with E-state index in [0.29, 0.717) is 18.8 Å². The number of nitrogens with one attached hydrogen (secondary N) is 1. The molecule has 35 heavy (non-hydrogen) atoms. The molecule has 190 valence electrons. The third-order valence-corrected chi connectivity index (χ3v) is 7.65. The van der Waals surface area contributed by atoms with Crippen molar-refractivity contribution in [1.29, 1.82) is 0 Å². The van der Waals surface area contributed by atoms with Gasteiger partial charge in [0.25, 0.3) is 5.91 Å². The van der Waals surface area contributed by atoms with Gasteiger partial charge in [-0.15, -0.1) is 0 Å². The molecular formula is C27H39N5O3. The van der Waals surface area contributed by atoms with Gasteiger partial charge in [-0.3, -0.25) is 14.3 Å². The maximum Gasteiger partial charge on any atom is 0.273 e. The van der Waals surface area contributed by atoms with Crippen LogP contribution in [0.15, 0.2) is 30.3 Å². The first kappa shape index (κ1) is 25.2. The zero-order valence-corrected chi connectivity index (χ0v) is 21.5. The van der Waals surface area contributed by atoms with Crippen molar-refractivity contribution in [2.45, 2.75) is 71.0 Å². The smallest absolute Gasteiger partial charge is 0.273 e. The lowest BCUT2D eigenvalue weighted by molar-refractivity contribution is -0.134. The highest BCUT2D eigenvalue weighted by Crippen LogP contribution is 2.31. The molecule has 1 fully saturated rings. The average molecular weight is 482 g/mol. The van der Waals surface area contributed by atoms with Crippen LogP contribution in [0.3, 0.4) is 0 Å². The molecule has 2 heterocycles. The van der Waals surface area contributed by atoms with E-state index >= 15 is 0 Å². The van der Waals surface area contributed by atoms with Crippen LogP contribution < -0.4 is 10.1 Å². The minimum atomic E-state index is -1.00. The minimum Gasteiger partial charge on any atom is -0.497 e. The number of amides is 2. The molecule has 0 unspecified atom stereocenters. The van der Waals surface area contributed by atoms with Crippen LogP contribution >= 0.6 is 0 Å². The zero-order valence-electron chi connectivity index (χ0n) is 21.5. The van der Waals surface area contributed by atoms with Crippen LogP contribution in [0.5, 0.6) is 5.75 Å². The highest BCUT2D eigenvalue weighted by Gasteiger charge is 2.48. The number of hydrogen-bond donors (Lipinski definition) is 1. The van der Waals surface area contributed by atoms with Gasteiger partial charge in [0.1, 0.15) is 17.0 Å². The van der Waals surface area contributed by atoms with Crippen molar-refractivity contribution >= 4 is 11.8 Å². The Bertz CT molecular complexity index is 1020. The lowest BCUT2D eigenvalue weighted by atomic mass is 9.91. The fraction of sp³-hybridized carbons (Fsp3) is 0.593. The van der Waals surface area contributed by atoms with Gasteiger partial charge in [0.05, 0.1) is 19.3 Å². The van der Waals surface area contributed by atoms with E-state index in [1.807, 2.05) is 37.3 Å². The van der Waals surface area contributed by atoms with Crippen molar-refractivity contribution in [2.75, 3.05) is 33.3 Å². The molecule has 2 amide bonds. The fourth-order valence-electron chi connectivity index (χ4n) is 5.26. The summed E-state index contributed by atoms with van der Waals surface area (Å²) in [6, 6.07) is 9.66. The van der Waals surface area contributed by atoms with E-state index in [9.17, 15) is 9.59 Å². The number of ether oxygens (including phenoxy) is 1. The summed E-state index contributed by atoms with van der Waals surface area (Å²) in [6.45, 7) is 9.50. The molecule has 8 heteroatoms. The molecule has 1 aromatic carbocycles. The predicted molar refractivity (Wildman–Crippen MR) is 136 cm³/mol. The van der Waals surface area contributed by atoms with Crippen LogP contribution in [0.4, 0.5) is 0 Å². The van der Waals surface area contributed by atoms with Gasteiger partial charge in [-0.25, -0.2) is 0 Å². The van der Waals surface area contributed by atoms with E-state index in [-0.39, 0.29) is 17.9 Å². The van der Waals surface area contributed by atoms with Crippen molar-refractivity contribution in [3.8, 4) is 17.0 Å². The highest BCUT2D eigenvalue weighted by atomic mass is 16.5. The summed E-state index contributed by atoms with van der Waals surface area (Å²) in [5.41, 5.74) is 1.15. The van der Waals surface area contributed by atoms with Crippen molar-refractivity contribution in [3.05, 3.63) is 36.0 Å². The first-order chi connectivity index (χ1) is 16.9. The van der Waals surface area contributed by atoms with Gasteiger partial charge >= 0.3 is 0 Å². The van der Waals surface area contributed by atoms with Gasteiger partial charge < -0.3 is 19.9 Å². The molecule has 1 aliphatic heterocycles. The Hall–Kier alpha value is -2.87. The number of nitrogens with zero attached hydrogens (tertiary/aromatic N) is 4. The molecule has 1 saturated carbocycles. The molecule has 1 N–H and O–H groups in total. The van der Waals surface area contributed by atoms with Crippen molar-refractivity contribution in [3.63, 3.8) is 0 Å². The Kier molecular flexibility index (Phi) is 7.79. The number of rotatable bonds is 9. The quantitative estimate of drug-likeness (QED) is 0.592. The summed E-state index contributed by atoms with van der Waals surface area (Å²) in [5.74, 6) is 0.546. The van der Waals surface area contributed by atoms with Crippen molar-refractivity contribution in [1.82, 2.24) is 24.9 Å². The number of carbonyl (C=O) groups excluding carboxylic acids is 2. The Balaban J connectivity index is 1.64. The Labute approximate surface area is 208 Å². The third-order valence-electron chi connectivity index (χ3n) is 7.65. The van der Waals surface area contributed by atoms with Gasteiger partial charge in [0, 0.05) is 24.7 Å². The number of hydrogen-bond acceptors (Lipinski definition) is 5. The van der Waals surface area contributed by atoms with E-state index in [1.165, 1.54) is 6.42 Å². The maximum absolute atomic E-state index is 13.8. The maximum atomic E-state index is 13.8. The second-order valence-corrected chi connectivity index (χ2v) is 9.87. The summed E-state index contributed by atoms with van der Waals surface area (Å²) < 4.78 is 6.98. The van der Waals surface area contributed by atoms with E-state index in [4.69, 9.17) is 9.84 Å². The molecule has 4 rings (SSSR count). The minimum absolute atomic E-state index is 0.0792. The van der Waals surface area contributed by atoms with Gasteiger partial charge in [-0.05, 0) is 63.2 Å². The number of carbonyl (C=O) groups is 2. The van der Waals surface area contributed by atoms with Gasteiger partial charge in [-0.2, -0.15) is 5.10 Å². The van der Waals surface area contributed by atoms with Crippen LogP contribution in [-0.2, 0) is 11.3 Å². The molecular weight excluding hydrogens is 442 g/mol. The van der Waals surface area contributed by atoms with Gasteiger partial charge in [0.15, 0.2) is 0 Å².